The largest absolute Gasteiger partial charge is 0.394 e. The molecule has 1 aromatic rings. The Morgan fingerprint density at radius 1 is 1.12 bits per heavy atom. The summed E-state index contributed by atoms with van der Waals surface area (Å²) in [5, 5.41) is 38.1. The fraction of sp³-hybridized carbons (Fsp3) is 0.643. The molecule has 8 N–H and O–H groups in total. The minimum atomic E-state index is -1.69. The van der Waals surface area contributed by atoms with Crippen molar-refractivity contribution in [2.24, 2.45) is 5.73 Å². The van der Waals surface area contributed by atoms with E-state index in [1.807, 2.05) is 4.98 Å². The average Bonchev–Trinajstić information content (AvgIpc) is 2.56. The molecule has 1 aliphatic rings. The molecule has 2 rings (SSSR count). The van der Waals surface area contributed by atoms with Gasteiger partial charge in [0, 0.05) is 19.1 Å². The molecule has 146 valence electrons. The lowest BCUT2D eigenvalue weighted by Gasteiger charge is -2.37. The van der Waals surface area contributed by atoms with Gasteiger partial charge in [0.25, 0.3) is 5.56 Å². The topological polar surface area (TPSA) is 196 Å². The first kappa shape index (κ1) is 20.1. The number of β-amino-alcohol motifs (C(OH)–C–C–N with tert-alkyl or cyclic N) is 1. The maximum atomic E-state index is 12.4. The van der Waals surface area contributed by atoms with E-state index in [1.54, 1.807) is 6.92 Å². The van der Waals surface area contributed by atoms with Gasteiger partial charge in [0.2, 0.25) is 5.91 Å². The molecule has 2 heterocycles. The van der Waals surface area contributed by atoms with Crippen LogP contribution < -0.4 is 26.8 Å². The molecule has 0 radical (unpaired) electrons. The molecular weight excluding hydrogens is 350 g/mol. The third kappa shape index (κ3) is 4.11. The Hall–Kier alpha value is -2.25. The van der Waals surface area contributed by atoms with Gasteiger partial charge in [0.05, 0.1) is 13.2 Å². The fourth-order valence-corrected chi connectivity index (χ4v) is 2.73. The molecule has 1 amide bonds. The van der Waals surface area contributed by atoms with Crippen LogP contribution in [0.4, 0.5) is 11.5 Å². The van der Waals surface area contributed by atoms with Gasteiger partial charge >= 0.3 is 5.69 Å². The maximum absolute atomic E-state index is 12.4. The van der Waals surface area contributed by atoms with Crippen molar-refractivity contribution in [3.8, 4) is 0 Å². The van der Waals surface area contributed by atoms with Gasteiger partial charge in [-0.05, 0) is 6.92 Å². The molecule has 1 aliphatic heterocycles. The van der Waals surface area contributed by atoms with E-state index in [0.717, 1.165) is 4.90 Å². The smallest absolute Gasteiger partial charge is 0.327 e. The van der Waals surface area contributed by atoms with E-state index < -0.39 is 48.1 Å². The molecule has 0 spiro atoms. The number of nitrogens with zero attached hydrogens (tertiary/aromatic N) is 2. The Morgan fingerprint density at radius 3 is 2.35 bits per heavy atom. The monoisotopic (exact) mass is 373 g/mol. The highest BCUT2D eigenvalue weighted by Gasteiger charge is 2.35. The van der Waals surface area contributed by atoms with E-state index in [0.29, 0.717) is 0 Å². The van der Waals surface area contributed by atoms with Gasteiger partial charge in [-0.2, -0.15) is 0 Å². The predicted molar refractivity (Wildman–Crippen MR) is 91.0 cm³/mol. The summed E-state index contributed by atoms with van der Waals surface area (Å²) >= 11 is 0. The van der Waals surface area contributed by atoms with Crippen molar-refractivity contribution in [3.05, 3.63) is 20.8 Å². The molecule has 0 saturated heterocycles. The van der Waals surface area contributed by atoms with Crippen LogP contribution in [0.1, 0.15) is 6.92 Å². The molecule has 0 fully saturated rings. The van der Waals surface area contributed by atoms with E-state index in [9.17, 15) is 29.7 Å². The van der Waals surface area contributed by atoms with Crippen LogP contribution in [-0.4, -0.2) is 86.9 Å². The van der Waals surface area contributed by atoms with Crippen LogP contribution in [0.25, 0.3) is 0 Å². The van der Waals surface area contributed by atoms with Crippen LogP contribution in [0.2, 0.25) is 0 Å². The van der Waals surface area contributed by atoms with Crippen LogP contribution in [0.3, 0.4) is 0 Å². The van der Waals surface area contributed by atoms with E-state index >= 15 is 0 Å². The zero-order valence-electron chi connectivity index (χ0n) is 14.1. The number of nitrogens with one attached hydrogen (secondary N) is 2. The Labute approximate surface area is 147 Å². The quantitative estimate of drug-likeness (QED) is 0.247. The normalized spacial score (nSPS) is 19.1. The number of aromatic amines is 2. The first-order valence-corrected chi connectivity index (χ1v) is 7.98. The summed E-state index contributed by atoms with van der Waals surface area (Å²) in [7, 11) is 0. The van der Waals surface area contributed by atoms with Crippen LogP contribution in [-0.2, 0) is 4.79 Å². The van der Waals surface area contributed by atoms with Gasteiger partial charge in [-0.15, -0.1) is 0 Å². The molecule has 0 unspecified atom stereocenters. The molecule has 0 saturated carbocycles. The molecule has 12 heteroatoms. The first-order chi connectivity index (χ1) is 12.1. The summed E-state index contributed by atoms with van der Waals surface area (Å²) in [6.07, 6.45) is -4.83. The number of rotatable bonds is 7. The summed E-state index contributed by atoms with van der Waals surface area (Å²) in [5.41, 5.74) is 3.98. The van der Waals surface area contributed by atoms with Crippen molar-refractivity contribution in [2.75, 3.05) is 36.0 Å². The molecule has 12 nitrogen and oxygen atoms in total. The molecule has 1 aromatic heterocycles. The standard InChI is InChI=1S/C14H23N5O7/c1-6(15)2-19-9(23)4-18(3-7(21)11(24)8(22)5-20)12-10(19)13(25)17-14(26)16-12/h6-8,11,20-22,24H,2-5,15H2,1H3,(H2,16,17,25,26)/t6-,7-,8+,11-/m0/s1. The van der Waals surface area contributed by atoms with Gasteiger partial charge in [-0.25, -0.2) is 4.79 Å². The summed E-state index contributed by atoms with van der Waals surface area (Å²) in [4.78, 5) is 43.1. The molecular formula is C14H23N5O7. The van der Waals surface area contributed by atoms with Crippen molar-refractivity contribution < 1.29 is 25.2 Å². The van der Waals surface area contributed by atoms with Gasteiger partial charge in [0.15, 0.2) is 5.69 Å². The Morgan fingerprint density at radius 2 is 1.77 bits per heavy atom. The van der Waals surface area contributed by atoms with E-state index in [-0.39, 0.29) is 31.1 Å². The summed E-state index contributed by atoms with van der Waals surface area (Å²) in [5.74, 6) is -0.500. The van der Waals surface area contributed by atoms with E-state index in [4.69, 9.17) is 10.8 Å². The molecule has 26 heavy (non-hydrogen) atoms. The number of fused-ring (bicyclic) bond motifs is 1. The van der Waals surface area contributed by atoms with Crippen LogP contribution in [0.15, 0.2) is 9.59 Å². The predicted octanol–water partition coefficient (Wildman–Crippen LogP) is -4.36. The number of carbonyl (C=O) groups excluding carboxylic acids is 1. The summed E-state index contributed by atoms with van der Waals surface area (Å²) in [6.45, 7) is 0.256. The number of amides is 1. The summed E-state index contributed by atoms with van der Waals surface area (Å²) < 4.78 is 0. The third-order valence-corrected chi connectivity index (χ3v) is 3.97. The van der Waals surface area contributed by atoms with Crippen molar-refractivity contribution in [3.63, 3.8) is 0 Å². The number of hydrogen-bond acceptors (Lipinski definition) is 9. The van der Waals surface area contributed by atoms with Gasteiger partial charge in [-0.1, -0.05) is 0 Å². The highest BCUT2D eigenvalue weighted by Crippen LogP contribution is 2.27. The average molecular weight is 373 g/mol. The van der Waals surface area contributed by atoms with Gasteiger partial charge < -0.3 is 36.0 Å². The highest BCUT2D eigenvalue weighted by molar-refractivity contribution is 6.02. The molecule has 0 aliphatic carbocycles. The number of aliphatic hydroxyl groups is 4. The molecule has 4 atom stereocenters. The number of anilines is 2. The number of carbonyl (C=O) groups is 1. The fourth-order valence-electron chi connectivity index (χ4n) is 2.73. The Balaban J connectivity index is 2.40. The lowest BCUT2D eigenvalue weighted by molar-refractivity contribution is -0.117. The van der Waals surface area contributed by atoms with E-state index in [2.05, 4.69) is 4.98 Å². The van der Waals surface area contributed by atoms with E-state index in [1.165, 1.54) is 4.90 Å². The molecule has 0 bridgehead atoms. The number of hydrogen-bond donors (Lipinski definition) is 7. The highest BCUT2D eigenvalue weighted by atomic mass is 16.4. The van der Waals surface area contributed by atoms with Crippen molar-refractivity contribution in [2.45, 2.75) is 31.3 Å². The second-order valence-corrected chi connectivity index (χ2v) is 6.28. The Bertz CT molecular complexity index is 761. The second-order valence-electron chi connectivity index (χ2n) is 6.28. The van der Waals surface area contributed by atoms with Crippen molar-refractivity contribution >= 4 is 17.4 Å². The second kappa shape index (κ2) is 7.97. The first-order valence-electron chi connectivity index (χ1n) is 7.98. The number of aliphatic hydroxyl groups excluding tert-OH is 4. The van der Waals surface area contributed by atoms with Crippen LogP contribution in [0.5, 0.6) is 0 Å². The number of aromatic nitrogens is 2. The number of nitrogens with two attached hydrogens (primary N) is 1. The van der Waals surface area contributed by atoms with Crippen LogP contribution >= 0.6 is 0 Å². The molecule has 0 aromatic carbocycles. The SMILES string of the molecule is C[C@H](N)CN1C(=O)CN(C[C@H](O)[C@H](O)[C@H](O)CO)c2[nH]c(=O)[nH]c(=O)c21. The Kier molecular flexibility index (Phi) is 6.15. The lowest BCUT2D eigenvalue weighted by Crippen LogP contribution is -2.55. The third-order valence-electron chi connectivity index (χ3n) is 3.97. The van der Waals surface area contributed by atoms with Gasteiger partial charge in [-0.3, -0.25) is 19.6 Å². The van der Waals surface area contributed by atoms with Crippen LogP contribution in [0, 0.1) is 0 Å². The summed E-state index contributed by atoms with van der Waals surface area (Å²) in [6, 6.07) is -0.434. The lowest BCUT2D eigenvalue weighted by atomic mass is 10.1. The maximum Gasteiger partial charge on any atom is 0.327 e. The zero-order chi connectivity index (χ0) is 19.6. The zero-order valence-corrected chi connectivity index (χ0v) is 14.1. The minimum absolute atomic E-state index is 0.0104. The van der Waals surface area contributed by atoms with Crippen molar-refractivity contribution in [1.82, 2.24) is 9.97 Å². The van der Waals surface area contributed by atoms with Gasteiger partial charge in [0.1, 0.15) is 24.1 Å². The number of H-pyrrole nitrogens is 2. The minimum Gasteiger partial charge on any atom is -0.394 e. The van der Waals surface area contributed by atoms with Crippen molar-refractivity contribution in [1.29, 1.82) is 0 Å².